The number of aliphatic hydroxyl groups is 1. The predicted molar refractivity (Wildman–Crippen MR) is 101 cm³/mol. The van der Waals surface area contributed by atoms with Gasteiger partial charge in [0.25, 0.3) is 0 Å². The highest BCUT2D eigenvalue weighted by atomic mass is 32.3. The summed E-state index contributed by atoms with van der Waals surface area (Å²) in [5.74, 6) is 0.487. The van der Waals surface area contributed by atoms with E-state index in [0.29, 0.717) is 19.3 Å². The number of hydrogen-bond acceptors (Lipinski definition) is 7. The summed E-state index contributed by atoms with van der Waals surface area (Å²) < 4.78 is 71.9. The normalized spacial score (nSPS) is 36.8. The summed E-state index contributed by atoms with van der Waals surface area (Å²) in [5.41, 5.74) is 1.47. The summed E-state index contributed by atoms with van der Waals surface area (Å²) in [7, 11) is -9.26. The van der Waals surface area contributed by atoms with Gasteiger partial charge in [-0.1, -0.05) is 13.0 Å². The Hall–Kier alpha value is -1.24. The lowest BCUT2D eigenvalue weighted by molar-refractivity contribution is -0.0371. The van der Waals surface area contributed by atoms with Crippen LogP contribution >= 0.6 is 0 Å². The van der Waals surface area contributed by atoms with Crippen molar-refractivity contribution in [1.29, 1.82) is 0 Å². The zero-order valence-corrected chi connectivity index (χ0v) is 17.4. The number of fused-ring (bicyclic) bond motifs is 5. The standard InChI is InChI=1S/C18H24O9S2/c1-18-7-6-13-12-5-3-11(26-28(20,21)22)8-10(12)2-4-14(13)15(18)9-16(19)17(18)27-29(23,24)25/h3,5,8,13-17,19H,2,4,6-7,9H2,1H3,(H,20,21,22)(H,23,24,25)/t13-,14-,15+,16-,17+,18+/m1/s1. The van der Waals surface area contributed by atoms with E-state index in [1.165, 1.54) is 6.07 Å². The molecular formula is C18H24O9S2. The Kier molecular flexibility index (Phi) is 4.99. The van der Waals surface area contributed by atoms with Gasteiger partial charge in [-0.05, 0) is 73.1 Å². The van der Waals surface area contributed by atoms with Gasteiger partial charge in [-0.3, -0.25) is 9.11 Å². The number of hydrogen-bond donors (Lipinski definition) is 3. The van der Waals surface area contributed by atoms with Crippen LogP contribution in [0.5, 0.6) is 5.75 Å². The summed E-state index contributed by atoms with van der Waals surface area (Å²) in [5, 5.41) is 10.5. The third-order valence-electron chi connectivity index (χ3n) is 7.06. The molecule has 11 heteroatoms. The van der Waals surface area contributed by atoms with Crippen LogP contribution in [0.2, 0.25) is 0 Å². The third-order valence-corrected chi connectivity index (χ3v) is 7.91. The maximum absolute atomic E-state index is 11.3. The lowest BCUT2D eigenvalue weighted by Gasteiger charge is -2.50. The van der Waals surface area contributed by atoms with Crippen molar-refractivity contribution < 1.29 is 39.4 Å². The van der Waals surface area contributed by atoms with Crippen LogP contribution in [0.1, 0.15) is 49.7 Å². The second-order valence-corrected chi connectivity index (χ2v) is 10.6. The van der Waals surface area contributed by atoms with E-state index in [1.54, 1.807) is 6.07 Å². The highest BCUT2D eigenvalue weighted by molar-refractivity contribution is 7.81. The monoisotopic (exact) mass is 448 g/mol. The molecule has 2 fully saturated rings. The van der Waals surface area contributed by atoms with Crippen molar-refractivity contribution in [2.45, 2.75) is 57.2 Å². The molecule has 1 aromatic carbocycles. The van der Waals surface area contributed by atoms with Gasteiger partial charge in [-0.2, -0.15) is 16.8 Å². The molecule has 0 aliphatic heterocycles. The van der Waals surface area contributed by atoms with Gasteiger partial charge in [0.1, 0.15) is 11.9 Å². The summed E-state index contributed by atoms with van der Waals surface area (Å²) in [6.45, 7) is 1.92. The second kappa shape index (κ2) is 6.89. The van der Waals surface area contributed by atoms with Crippen molar-refractivity contribution >= 4 is 20.8 Å². The number of rotatable bonds is 4. The van der Waals surface area contributed by atoms with Crippen LogP contribution in [-0.4, -0.2) is 43.3 Å². The van der Waals surface area contributed by atoms with E-state index < -0.39 is 38.4 Å². The van der Waals surface area contributed by atoms with Crippen molar-refractivity contribution in [2.75, 3.05) is 0 Å². The molecule has 0 unspecified atom stereocenters. The second-order valence-electron chi connectivity index (χ2n) is 8.58. The van der Waals surface area contributed by atoms with Gasteiger partial charge >= 0.3 is 20.8 Å². The van der Waals surface area contributed by atoms with E-state index in [1.807, 2.05) is 13.0 Å². The van der Waals surface area contributed by atoms with Crippen molar-refractivity contribution in [3.05, 3.63) is 29.3 Å². The molecule has 0 aromatic heterocycles. The lowest BCUT2D eigenvalue weighted by atomic mass is 9.55. The van der Waals surface area contributed by atoms with Crippen molar-refractivity contribution in [3.63, 3.8) is 0 Å². The fourth-order valence-corrected chi connectivity index (χ4v) is 6.96. The van der Waals surface area contributed by atoms with E-state index in [-0.39, 0.29) is 23.5 Å². The van der Waals surface area contributed by atoms with Gasteiger partial charge in [-0.25, -0.2) is 4.18 Å². The Morgan fingerprint density at radius 3 is 2.48 bits per heavy atom. The quantitative estimate of drug-likeness (QED) is 0.587. The molecule has 3 aliphatic rings. The van der Waals surface area contributed by atoms with E-state index in [9.17, 15) is 21.9 Å². The van der Waals surface area contributed by atoms with Crippen LogP contribution in [0.3, 0.4) is 0 Å². The smallest absolute Gasteiger partial charge is 0.390 e. The maximum Gasteiger partial charge on any atom is 0.446 e. The molecular weight excluding hydrogens is 424 g/mol. The fraction of sp³-hybridized carbons (Fsp3) is 0.667. The molecule has 162 valence electrons. The molecule has 2 saturated carbocycles. The molecule has 0 saturated heterocycles. The van der Waals surface area contributed by atoms with Gasteiger partial charge in [0.2, 0.25) is 0 Å². The first-order chi connectivity index (χ1) is 13.4. The Morgan fingerprint density at radius 2 is 1.83 bits per heavy atom. The number of aryl methyl sites for hydroxylation is 1. The first-order valence-electron chi connectivity index (χ1n) is 9.51. The first kappa shape index (κ1) is 21.0. The maximum atomic E-state index is 11.3. The number of benzene rings is 1. The predicted octanol–water partition coefficient (Wildman–Crippen LogP) is 1.88. The Labute approximate surface area is 169 Å². The van der Waals surface area contributed by atoms with Crippen LogP contribution < -0.4 is 4.18 Å². The summed E-state index contributed by atoms with van der Waals surface area (Å²) >= 11 is 0. The Balaban J connectivity index is 1.62. The minimum absolute atomic E-state index is 0.0323. The molecule has 0 bridgehead atoms. The molecule has 0 heterocycles. The minimum atomic E-state index is -4.67. The van der Waals surface area contributed by atoms with Crippen molar-refractivity contribution in [3.8, 4) is 5.75 Å². The molecule has 0 radical (unpaired) electrons. The highest BCUT2D eigenvalue weighted by Crippen LogP contribution is 2.61. The van der Waals surface area contributed by atoms with Crippen molar-refractivity contribution in [1.82, 2.24) is 0 Å². The average molecular weight is 449 g/mol. The SMILES string of the molecule is C[C@]12CC[C@@H]3c4ccc(OS(=O)(=O)O)cc4CC[C@H]3[C@@H]1C[C@@H](O)[C@@H]2OS(=O)(=O)O. The van der Waals surface area contributed by atoms with Crippen LogP contribution in [0, 0.1) is 17.3 Å². The van der Waals surface area contributed by atoms with E-state index in [4.69, 9.17) is 13.3 Å². The number of aliphatic hydroxyl groups excluding tert-OH is 1. The fourth-order valence-electron chi connectivity index (χ4n) is 6.01. The molecule has 0 spiro atoms. The van der Waals surface area contributed by atoms with Crippen LogP contribution in [0.4, 0.5) is 0 Å². The zero-order valence-electron chi connectivity index (χ0n) is 15.8. The topological polar surface area (TPSA) is 147 Å². The van der Waals surface area contributed by atoms with E-state index >= 15 is 0 Å². The first-order valence-corrected chi connectivity index (χ1v) is 12.2. The molecule has 4 rings (SSSR count). The average Bonchev–Trinajstić information content (AvgIpc) is 2.83. The minimum Gasteiger partial charge on any atom is -0.390 e. The zero-order chi connectivity index (χ0) is 21.2. The van der Waals surface area contributed by atoms with Gasteiger partial charge < -0.3 is 9.29 Å². The van der Waals surface area contributed by atoms with Crippen LogP contribution in [0.15, 0.2) is 18.2 Å². The molecule has 3 N–H and O–H groups in total. The lowest BCUT2D eigenvalue weighted by Crippen LogP contribution is -2.46. The van der Waals surface area contributed by atoms with Crippen LogP contribution in [-0.2, 0) is 31.4 Å². The molecule has 9 nitrogen and oxygen atoms in total. The summed E-state index contributed by atoms with van der Waals surface area (Å²) in [4.78, 5) is 0. The molecule has 3 aliphatic carbocycles. The molecule has 29 heavy (non-hydrogen) atoms. The largest absolute Gasteiger partial charge is 0.446 e. The van der Waals surface area contributed by atoms with Crippen molar-refractivity contribution in [2.24, 2.45) is 17.3 Å². The third kappa shape index (κ3) is 3.91. The highest BCUT2D eigenvalue weighted by Gasteiger charge is 2.59. The molecule has 0 amide bonds. The van der Waals surface area contributed by atoms with E-state index in [2.05, 4.69) is 4.18 Å². The Morgan fingerprint density at radius 1 is 1.10 bits per heavy atom. The van der Waals surface area contributed by atoms with Gasteiger partial charge in [0.15, 0.2) is 0 Å². The summed E-state index contributed by atoms with van der Waals surface area (Å²) in [6.07, 6.45) is 1.29. The molecule has 1 aromatic rings. The molecule has 6 atom stereocenters. The van der Waals surface area contributed by atoms with Gasteiger partial charge in [0, 0.05) is 5.41 Å². The summed E-state index contributed by atoms with van der Waals surface area (Å²) in [6, 6.07) is 4.95. The van der Waals surface area contributed by atoms with Gasteiger partial charge in [0.05, 0.1) is 6.10 Å². The van der Waals surface area contributed by atoms with Crippen LogP contribution in [0.25, 0.3) is 0 Å². The Bertz CT molecular complexity index is 1020. The van der Waals surface area contributed by atoms with Gasteiger partial charge in [-0.15, -0.1) is 0 Å². The van der Waals surface area contributed by atoms with E-state index in [0.717, 1.165) is 24.0 Å².